The maximum absolute atomic E-state index is 12.2. The first kappa shape index (κ1) is 17.9. The highest BCUT2D eigenvalue weighted by Gasteiger charge is 2.18. The van der Waals surface area contributed by atoms with Crippen molar-refractivity contribution in [1.82, 2.24) is 4.72 Å². The Morgan fingerprint density at radius 1 is 1.24 bits per heavy atom. The SMILES string of the molecule is CCCC(CN)NS(=O)(=O)c1ccc(OCCOC)cc1. The fourth-order valence-electron chi connectivity index (χ4n) is 1.82. The average Bonchev–Trinajstić information content (AvgIpc) is 2.47. The van der Waals surface area contributed by atoms with Crippen molar-refractivity contribution in [1.29, 1.82) is 0 Å². The van der Waals surface area contributed by atoms with E-state index in [9.17, 15) is 8.42 Å². The van der Waals surface area contributed by atoms with Crippen molar-refractivity contribution in [2.75, 3.05) is 26.9 Å². The normalized spacial score (nSPS) is 13.1. The molecule has 0 bridgehead atoms. The van der Waals surface area contributed by atoms with E-state index in [-0.39, 0.29) is 17.5 Å². The van der Waals surface area contributed by atoms with E-state index in [2.05, 4.69) is 4.72 Å². The largest absolute Gasteiger partial charge is 0.491 e. The molecule has 0 spiro atoms. The summed E-state index contributed by atoms with van der Waals surface area (Å²) in [7, 11) is -1.95. The molecule has 3 N–H and O–H groups in total. The first-order valence-corrected chi connectivity index (χ1v) is 8.46. The summed E-state index contributed by atoms with van der Waals surface area (Å²) in [5.41, 5.74) is 5.58. The van der Waals surface area contributed by atoms with Crippen LogP contribution in [0.1, 0.15) is 19.8 Å². The van der Waals surface area contributed by atoms with Crippen LogP contribution in [0.5, 0.6) is 5.75 Å². The van der Waals surface area contributed by atoms with Gasteiger partial charge in [0, 0.05) is 19.7 Å². The van der Waals surface area contributed by atoms with Gasteiger partial charge in [-0.15, -0.1) is 0 Å². The minimum Gasteiger partial charge on any atom is -0.491 e. The lowest BCUT2D eigenvalue weighted by Crippen LogP contribution is -2.39. The van der Waals surface area contributed by atoms with Gasteiger partial charge in [-0.05, 0) is 30.7 Å². The van der Waals surface area contributed by atoms with Gasteiger partial charge in [0.2, 0.25) is 10.0 Å². The number of hydrogen-bond acceptors (Lipinski definition) is 5. The van der Waals surface area contributed by atoms with E-state index in [0.717, 1.165) is 6.42 Å². The first-order chi connectivity index (χ1) is 10.0. The molecule has 1 atom stereocenters. The number of sulfonamides is 1. The maximum Gasteiger partial charge on any atom is 0.240 e. The predicted molar refractivity (Wildman–Crippen MR) is 81.9 cm³/mol. The fourth-order valence-corrected chi connectivity index (χ4v) is 3.10. The van der Waals surface area contributed by atoms with E-state index in [1.807, 2.05) is 6.92 Å². The van der Waals surface area contributed by atoms with Gasteiger partial charge < -0.3 is 15.2 Å². The van der Waals surface area contributed by atoms with E-state index < -0.39 is 10.0 Å². The molecule has 0 aliphatic heterocycles. The number of nitrogens with two attached hydrogens (primary N) is 1. The molecule has 21 heavy (non-hydrogen) atoms. The topological polar surface area (TPSA) is 90.7 Å². The number of methoxy groups -OCH3 is 1. The van der Waals surface area contributed by atoms with Crippen molar-refractivity contribution in [3.8, 4) is 5.75 Å². The molecule has 0 saturated heterocycles. The van der Waals surface area contributed by atoms with Gasteiger partial charge in [0.15, 0.2) is 0 Å². The Labute approximate surface area is 126 Å². The highest BCUT2D eigenvalue weighted by molar-refractivity contribution is 7.89. The van der Waals surface area contributed by atoms with E-state index in [0.29, 0.717) is 25.4 Å². The highest BCUT2D eigenvalue weighted by Crippen LogP contribution is 2.16. The van der Waals surface area contributed by atoms with Crippen molar-refractivity contribution < 1.29 is 17.9 Å². The van der Waals surface area contributed by atoms with E-state index in [4.69, 9.17) is 15.2 Å². The number of ether oxygens (including phenoxy) is 2. The molecule has 0 amide bonds. The Morgan fingerprint density at radius 2 is 1.90 bits per heavy atom. The van der Waals surface area contributed by atoms with Gasteiger partial charge in [-0.1, -0.05) is 13.3 Å². The molecule has 0 radical (unpaired) electrons. The highest BCUT2D eigenvalue weighted by atomic mass is 32.2. The molecule has 1 aromatic rings. The monoisotopic (exact) mass is 316 g/mol. The van der Waals surface area contributed by atoms with E-state index in [1.165, 1.54) is 12.1 Å². The third-order valence-electron chi connectivity index (χ3n) is 2.93. The Kier molecular flexibility index (Phi) is 7.66. The van der Waals surface area contributed by atoms with Gasteiger partial charge >= 0.3 is 0 Å². The van der Waals surface area contributed by atoms with Crippen LogP contribution in [-0.2, 0) is 14.8 Å². The van der Waals surface area contributed by atoms with Crippen molar-refractivity contribution in [2.45, 2.75) is 30.7 Å². The smallest absolute Gasteiger partial charge is 0.240 e. The Bertz CT molecular complexity index is 502. The number of rotatable bonds is 10. The summed E-state index contributed by atoms with van der Waals surface area (Å²) in [5, 5.41) is 0. The van der Waals surface area contributed by atoms with Crippen LogP contribution in [0.15, 0.2) is 29.2 Å². The van der Waals surface area contributed by atoms with Gasteiger partial charge in [0.1, 0.15) is 12.4 Å². The third-order valence-corrected chi connectivity index (χ3v) is 4.47. The Morgan fingerprint density at radius 3 is 2.43 bits per heavy atom. The number of benzene rings is 1. The molecule has 1 aromatic carbocycles. The predicted octanol–water partition coefficient (Wildman–Crippen LogP) is 1.12. The van der Waals surface area contributed by atoms with Crippen molar-refractivity contribution >= 4 is 10.0 Å². The summed E-state index contributed by atoms with van der Waals surface area (Å²) < 4.78 is 37.3. The third kappa shape index (κ3) is 6.01. The molecule has 0 aromatic heterocycles. The van der Waals surface area contributed by atoms with Crippen LogP contribution in [0.25, 0.3) is 0 Å². The summed E-state index contributed by atoms with van der Waals surface area (Å²) >= 11 is 0. The molecule has 0 fully saturated rings. The van der Waals surface area contributed by atoms with Crippen LogP contribution >= 0.6 is 0 Å². The summed E-state index contributed by atoms with van der Waals surface area (Å²) in [6.07, 6.45) is 1.59. The van der Waals surface area contributed by atoms with Crippen LogP contribution in [0.3, 0.4) is 0 Å². The molecule has 0 saturated carbocycles. The Hall–Kier alpha value is -1.15. The van der Waals surface area contributed by atoms with Gasteiger partial charge in [-0.3, -0.25) is 0 Å². The lowest BCUT2D eigenvalue weighted by atomic mass is 10.2. The van der Waals surface area contributed by atoms with Crippen LogP contribution in [-0.4, -0.2) is 41.3 Å². The lowest BCUT2D eigenvalue weighted by Gasteiger charge is -2.16. The van der Waals surface area contributed by atoms with Crippen molar-refractivity contribution in [3.63, 3.8) is 0 Å². The molecule has 120 valence electrons. The van der Waals surface area contributed by atoms with Crippen molar-refractivity contribution in [3.05, 3.63) is 24.3 Å². The molecule has 6 nitrogen and oxygen atoms in total. The van der Waals surface area contributed by atoms with E-state index in [1.54, 1.807) is 19.2 Å². The summed E-state index contributed by atoms with van der Waals surface area (Å²) in [6, 6.07) is 6.05. The zero-order valence-electron chi connectivity index (χ0n) is 12.5. The molecule has 7 heteroatoms. The average molecular weight is 316 g/mol. The molecule has 1 rings (SSSR count). The van der Waals surface area contributed by atoms with Gasteiger partial charge in [0.05, 0.1) is 11.5 Å². The Balaban J connectivity index is 2.70. The minimum absolute atomic E-state index is 0.205. The zero-order chi connectivity index (χ0) is 15.7. The number of hydrogen-bond donors (Lipinski definition) is 2. The summed E-state index contributed by atoms with van der Waals surface area (Å²) in [6.45, 7) is 3.18. The van der Waals surface area contributed by atoms with E-state index >= 15 is 0 Å². The van der Waals surface area contributed by atoms with Crippen LogP contribution < -0.4 is 15.2 Å². The maximum atomic E-state index is 12.2. The quantitative estimate of drug-likeness (QED) is 0.631. The summed E-state index contributed by atoms with van der Waals surface area (Å²) in [5.74, 6) is 0.606. The molecule has 0 heterocycles. The van der Waals surface area contributed by atoms with Crippen molar-refractivity contribution in [2.24, 2.45) is 5.73 Å². The van der Waals surface area contributed by atoms with Gasteiger partial charge in [0.25, 0.3) is 0 Å². The van der Waals surface area contributed by atoms with Gasteiger partial charge in [-0.2, -0.15) is 0 Å². The molecule has 0 aliphatic carbocycles. The molecular formula is C14H24N2O4S. The molecule has 0 aliphatic rings. The second-order valence-corrected chi connectivity index (χ2v) is 6.37. The summed E-state index contributed by atoms with van der Waals surface area (Å²) in [4.78, 5) is 0.205. The molecule has 1 unspecified atom stereocenters. The van der Waals surface area contributed by atoms with Crippen LogP contribution in [0.4, 0.5) is 0 Å². The second kappa shape index (κ2) is 8.99. The molecular weight excluding hydrogens is 292 g/mol. The van der Waals surface area contributed by atoms with Gasteiger partial charge in [-0.25, -0.2) is 13.1 Å². The second-order valence-electron chi connectivity index (χ2n) is 4.66. The first-order valence-electron chi connectivity index (χ1n) is 6.97. The number of nitrogens with one attached hydrogen (secondary N) is 1. The zero-order valence-corrected chi connectivity index (χ0v) is 13.4. The lowest BCUT2D eigenvalue weighted by molar-refractivity contribution is 0.146. The van der Waals surface area contributed by atoms with Crippen LogP contribution in [0, 0.1) is 0 Å². The van der Waals surface area contributed by atoms with Crippen LogP contribution in [0.2, 0.25) is 0 Å². The fraction of sp³-hybridized carbons (Fsp3) is 0.571. The minimum atomic E-state index is -3.55. The standard InChI is InChI=1S/C14H24N2O4S/c1-3-4-12(11-15)16-21(17,18)14-7-5-13(6-8-14)20-10-9-19-2/h5-8,12,16H,3-4,9-11,15H2,1-2H3.